The molecule has 1 heterocycles. The van der Waals surface area contributed by atoms with Crippen molar-refractivity contribution < 1.29 is 9.53 Å². The van der Waals surface area contributed by atoms with Crippen LogP contribution in [-0.2, 0) is 4.74 Å². The molecule has 3 heteroatoms. The fraction of sp³-hybridized carbons (Fsp3) is 0.444. The standard InChI is InChI=1S/C18H21NO2/c1-12-3-4-14-11-15(7-10-17(14)19-12)18(20)13-5-8-16(21-2)9-6-13/h3-4,7,10-11,13,16H,5-6,8-9H2,1-2H3. The Morgan fingerprint density at radius 2 is 1.90 bits per heavy atom. The zero-order chi connectivity index (χ0) is 14.8. The number of fused-ring (bicyclic) bond motifs is 1. The van der Waals surface area contributed by atoms with Crippen LogP contribution in [0.2, 0.25) is 0 Å². The molecule has 0 atom stereocenters. The quantitative estimate of drug-likeness (QED) is 0.801. The topological polar surface area (TPSA) is 39.2 Å². The normalized spacial score (nSPS) is 22.4. The summed E-state index contributed by atoms with van der Waals surface area (Å²) >= 11 is 0. The van der Waals surface area contributed by atoms with E-state index in [2.05, 4.69) is 4.98 Å². The molecule has 1 saturated carbocycles. The number of methoxy groups -OCH3 is 1. The fourth-order valence-corrected chi connectivity index (χ4v) is 3.18. The predicted molar refractivity (Wildman–Crippen MR) is 83.6 cm³/mol. The van der Waals surface area contributed by atoms with Crippen LogP contribution >= 0.6 is 0 Å². The highest BCUT2D eigenvalue weighted by Gasteiger charge is 2.26. The van der Waals surface area contributed by atoms with Crippen LogP contribution in [0.25, 0.3) is 10.9 Å². The number of hydrogen-bond donors (Lipinski definition) is 0. The van der Waals surface area contributed by atoms with Crippen molar-refractivity contribution >= 4 is 16.7 Å². The van der Waals surface area contributed by atoms with Crippen LogP contribution in [0, 0.1) is 12.8 Å². The molecular weight excluding hydrogens is 262 g/mol. The molecule has 0 spiro atoms. The highest BCUT2D eigenvalue weighted by atomic mass is 16.5. The highest BCUT2D eigenvalue weighted by molar-refractivity contribution is 6.00. The van der Waals surface area contributed by atoms with Crippen molar-refractivity contribution in [2.75, 3.05) is 7.11 Å². The number of Topliss-reactive ketones (excluding diaryl/α,β-unsaturated/α-hetero) is 1. The maximum atomic E-state index is 12.6. The van der Waals surface area contributed by atoms with Gasteiger partial charge in [-0.3, -0.25) is 9.78 Å². The predicted octanol–water partition coefficient (Wildman–Crippen LogP) is 3.93. The molecule has 21 heavy (non-hydrogen) atoms. The number of hydrogen-bond acceptors (Lipinski definition) is 3. The minimum atomic E-state index is 0.146. The van der Waals surface area contributed by atoms with E-state index in [1.807, 2.05) is 37.3 Å². The van der Waals surface area contributed by atoms with E-state index >= 15 is 0 Å². The van der Waals surface area contributed by atoms with Crippen molar-refractivity contribution in [1.29, 1.82) is 0 Å². The molecule has 3 nitrogen and oxygen atoms in total. The first-order valence-electron chi connectivity index (χ1n) is 7.62. The number of carbonyl (C=O) groups excluding carboxylic acids is 1. The van der Waals surface area contributed by atoms with Gasteiger partial charge in [0.15, 0.2) is 5.78 Å². The van der Waals surface area contributed by atoms with Gasteiger partial charge < -0.3 is 4.74 Å². The monoisotopic (exact) mass is 283 g/mol. The van der Waals surface area contributed by atoms with E-state index < -0.39 is 0 Å². The van der Waals surface area contributed by atoms with E-state index in [0.29, 0.717) is 6.10 Å². The van der Waals surface area contributed by atoms with Crippen molar-refractivity contribution in [2.45, 2.75) is 38.7 Å². The third-order valence-electron chi connectivity index (χ3n) is 4.49. The number of ketones is 1. The number of pyridine rings is 1. The summed E-state index contributed by atoms with van der Waals surface area (Å²) in [5.74, 6) is 0.416. The van der Waals surface area contributed by atoms with Crippen LogP contribution in [0.4, 0.5) is 0 Å². The average molecular weight is 283 g/mol. The molecule has 1 aromatic heterocycles. The SMILES string of the molecule is COC1CCC(C(=O)c2ccc3nc(C)ccc3c2)CC1. The maximum absolute atomic E-state index is 12.6. The Hall–Kier alpha value is -1.74. The second-order valence-electron chi connectivity index (χ2n) is 5.93. The molecule has 0 N–H and O–H groups in total. The molecule has 1 aliphatic carbocycles. The first kappa shape index (κ1) is 14.2. The summed E-state index contributed by atoms with van der Waals surface area (Å²) in [5, 5.41) is 1.04. The zero-order valence-corrected chi connectivity index (χ0v) is 12.6. The number of aryl methyl sites for hydroxylation is 1. The van der Waals surface area contributed by atoms with Gasteiger partial charge in [0.2, 0.25) is 0 Å². The molecule has 0 radical (unpaired) electrons. The number of carbonyl (C=O) groups is 1. The molecule has 1 aliphatic rings. The zero-order valence-electron chi connectivity index (χ0n) is 12.6. The van der Waals surface area contributed by atoms with Crippen LogP contribution in [0.3, 0.4) is 0 Å². The molecule has 3 rings (SSSR count). The van der Waals surface area contributed by atoms with Gasteiger partial charge in [-0.25, -0.2) is 0 Å². The minimum absolute atomic E-state index is 0.146. The molecule has 0 unspecified atom stereocenters. The third-order valence-corrected chi connectivity index (χ3v) is 4.49. The van der Waals surface area contributed by atoms with Gasteiger partial charge in [0, 0.05) is 29.7 Å². The molecule has 0 amide bonds. The molecule has 1 aromatic carbocycles. The lowest BCUT2D eigenvalue weighted by Gasteiger charge is -2.26. The molecule has 0 bridgehead atoms. The van der Waals surface area contributed by atoms with Crippen molar-refractivity contribution in [2.24, 2.45) is 5.92 Å². The second-order valence-corrected chi connectivity index (χ2v) is 5.93. The Balaban J connectivity index is 1.80. The number of aromatic nitrogens is 1. The Morgan fingerprint density at radius 1 is 1.14 bits per heavy atom. The lowest BCUT2D eigenvalue weighted by molar-refractivity contribution is 0.0519. The van der Waals surface area contributed by atoms with Gasteiger partial charge in [0.25, 0.3) is 0 Å². The van der Waals surface area contributed by atoms with E-state index in [9.17, 15) is 4.79 Å². The van der Waals surface area contributed by atoms with Gasteiger partial charge in [-0.05, 0) is 56.9 Å². The number of benzene rings is 1. The van der Waals surface area contributed by atoms with E-state index in [1.54, 1.807) is 7.11 Å². The van der Waals surface area contributed by atoms with E-state index in [-0.39, 0.29) is 11.7 Å². The molecule has 2 aromatic rings. The van der Waals surface area contributed by atoms with Gasteiger partial charge in [-0.2, -0.15) is 0 Å². The smallest absolute Gasteiger partial charge is 0.165 e. The van der Waals surface area contributed by atoms with Gasteiger partial charge in [0.05, 0.1) is 11.6 Å². The third kappa shape index (κ3) is 2.98. The molecular formula is C18H21NO2. The number of ether oxygens (including phenoxy) is 1. The Morgan fingerprint density at radius 3 is 2.62 bits per heavy atom. The summed E-state index contributed by atoms with van der Waals surface area (Å²) < 4.78 is 5.37. The molecule has 0 aliphatic heterocycles. The largest absolute Gasteiger partial charge is 0.381 e. The highest BCUT2D eigenvalue weighted by Crippen LogP contribution is 2.29. The van der Waals surface area contributed by atoms with E-state index in [0.717, 1.165) is 47.8 Å². The van der Waals surface area contributed by atoms with Crippen LogP contribution in [0.5, 0.6) is 0 Å². The summed E-state index contributed by atoms with van der Waals surface area (Å²) in [6.45, 7) is 1.98. The van der Waals surface area contributed by atoms with Gasteiger partial charge in [0.1, 0.15) is 0 Å². The minimum Gasteiger partial charge on any atom is -0.381 e. The summed E-state index contributed by atoms with van der Waals surface area (Å²) in [7, 11) is 1.76. The summed E-state index contributed by atoms with van der Waals surface area (Å²) in [5.41, 5.74) is 2.77. The lowest BCUT2D eigenvalue weighted by Crippen LogP contribution is -2.25. The van der Waals surface area contributed by atoms with Crippen LogP contribution in [0.15, 0.2) is 30.3 Å². The van der Waals surface area contributed by atoms with Gasteiger partial charge in [-0.1, -0.05) is 6.07 Å². The second kappa shape index (κ2) is 5.94. The Bertz CT molecular complexity index is 657. The van der Waals surface area contributed by atoms with Crippen molar-refractivity contribution in [3.8, 4) is 0 Å². The van der Waals surface area contributed by atoms with E-state index in [1.165, 1.54) is 0 Å². The molecule has 1 fully saturated rings. The fourth-order valence-electron chi connectivity index (χ4n) is 3.18. The first-order chi connectivity index (χ1) is 10.2. The number of rotatable bonds is 3. The average Bonchev–Trinajstić information content (AvgIpc) is 2.53. The molecule has 0 saturated heterocycles. The van der Waals surface area contributed by atoms with Crippen molar-refractivity contribution in [1.82, 2.24) is 4.98 Å². The molecule has 110 valence electrons. The van der Waals surface area contributed by atoms with Gasteiger partial charge in [-0.15, -0.1) is 0 Å². The van der Waals surface area contributed by atoms with Crippen LogP contribution in [0.1, 0.15) is 41.7 Å². The summed E-state index contributed by atoms with van der Waals surface area (Å²) in [6, 6.07) is 9.87. The number of nitrogens with zero attached hydrogens (tertiary/aromatic N) is 1. The first-order valence-corrected chi connectivity index (χ1v) is 7.62. The lowest BCUT2D eigenvalue weighted by atomic mass is 9.82. The summed E-state index contributed by atoms with van der Waals surface area (Å²) in [6.07, 6.45) is 4.17. The van der Waals surface area contributed by atoms with Crippen LogP contribution in [-0.4, -0.2) is 24.0 Å². The van der Waals surface area contributed by atoms with Crippen LogP contribution < -0.4 is 0 Å². The summed E-state index contributed by atoms with van der Waals surface area (Å²) in [4.78, 5) is 17.1. The van der Waals surface area contributed by atoms with E-state index in [4.69, 9.17) is 4.74 Å². The Kier molecular flexibility index (Phi) is 4.02. The maximum Gasteiger partial charge on any atom is 0.165 e. The Labute approximate surface area is 125 Å². The van der Waals surface area contributed by atoms with Crippen molar-refractivity contribution in [3.05, 3.63) is 41.6 Å². The van der Waals surface area contributed by atoms with Crippen molar-refractivity contribution in [3.63, 3.8) is 0 Å². The van der Waals surface area contributed by atoms with Gasteiger partial charge >= 0.3 is 0 Å².